The molecule has 0 aliphatic carbocycles. The molecule has 0 unspecified atom stereocenters. The first-order valence-corrected chi connectivity index (χ1v) is 11.4. The zero-order valence-electron chi connectivity index (χ0n) is 19.9. The Labute approximate surface area is 214 Å². The summed E-state index contributed by atoms with van der Waals surface area (Å²) < 4.78 is 0. The van der Waals surface area contributed by atoms with E-state index in [-0.39, 0.29) is 17.1 Å². The van der Waals surface area contributed by atoms with Gasteiger partial charge in [-0.2, -0.15) is 12.4 Å². The third kappa shape index (κ3) is 3.63. The Hall–Kier alpha value is -3.54. The second-order valence-electron chi connectivity index (χ2n) is 9.80. The van der Waals surface area contributed by atoms with Gasteiger partial charge < -0.3 is 9.97 Å². The van der Waals surface area contributed by atoms with E-state index in [1.807, 2.05) is 49.1 Å². The van der Waals surface area contributed by atoms with Crippen molar-refractivity contribution in [3.8, 4) is 0 Å². The van der Waals surface area contributed by atoms with E-state index < -0.39 is 10.8 Å². The summed E-state index contributed by atoms with van der Waals surface area (Å²) >= 11 is 0. The first-order valence-electron chi connectivity index (χ1n) is 11.4. The molecule has 4 aromatic rings. The van der Waals surface area contributed by atoms with Crippen molar-refractivity contribution in [2.75, 3.05) is 0 Å². The van der Waals surface area contributed by atoms with Crippen LogP contribution in [0.1, 0.15) is 39.1 Å². The topological polar surface area (TPSA) is 77.6 Å². The molecule has 0 fully saturated rings. The van der Waals surface area contributed by atoms with Crippen LogP contribution in [0.15, 0.2) is 92.5 Å². The molecule has 6 rings (SSSR count). The van der Waals surface area contributed by atoms with Gasteiger partial charge in [-0.15, -0.1) is 11.4 Å². The molecule has 6 nitrogen and oxygen atoms in total. The first-order chi connectivity index (χ1) is 16.4. The van der Waals surface area contributed by atoms with E-state index in [1.165, 1.54) is 0 Å². The quantitative estimate of drug-likeness (QED) is 0.349. The molecular weight excluding hydrogens is 484 g/mol. The smallest absolute Gasteiger partial charge is 0.666 e. The number of rotatable bonds is 4. The van der Waals surface area contributed by atoms with Crippen LogP contribution in [0.25, 0.3) is 21.5 Å². The fraction of sp³-hybridized carbons (Fsp3) is 0.214. The molecule has 0 saturated heterocycles. The largest absolute Gasteiger partial charge is 2.00 e. The summed E-state index contributed by atoms with van der Waals surface area (Å²) in [7, 11) is 0. The van der Waals surface area contributed by atoms with E-state index in [9.17, 15) is 0 Å². The molecule has 1 radical (unpaired) electrons. The van der Waals surface area contributed by atoms with Gasteiger partial charge in [0, 0.05) is 10.8 Å². The number of nitrogens with zero attached hydrogens (tertiary/aromatic N) is 6. The van der Waals surface area contributed by atoms with Crippen molar-refractivity contribution >= 4 is 45.4 Å². The molecule has 35 heavy (non-hydrogen) atoms. The molecule has 0 N–H and O–H groups in total. The van der Waals surface area contributed by atoms with Crippen LogP contribution in [0.3, 0.4) is 0 Å². The monoisotopic (exact) mass is 507 g/mol. The van der Waals surface area contributed by atoms with Gasteiger partial charge in [0.05, 0.1) is 23.9 Å². The predicted molar refractivity (Wildman–Crippen MR) is 139 cm³/mol. The maximum atomic E-state index is 4.83. The summed E-state index contributed by atoms with van der Waals surface area (Å²) in [5, 5.41) is 4.54. The molecule has 0 saturated carbocycles. The van der Waals surface area contributed by atoms with Crippen LogP contribution in [0.2, 0.25) is 0 Å². The third-order valence-corrected chi connectivity index (χ3v) is 6.83. The van der Waals surface area contributed by atoms with Crippen LogP contribution >= 0.6 is 0 Å². The SMILES string of the molecule is CC(C)(C1=N/C(=C2/N=CC(C(C)(C)c3[n-]cc4ccccc34)=N2)N=C1)c1[n-]cc2ccccc12.[Cu+2]. The molecule has 2 aliphatic heterocycles. The predicted octanol–water partition coefficient (Wildman–Crippen LogP) is 5.34. The maximum Gasteiger partial charge on any atom is 2.00 e. The number of aliphatic imine (C=N–C) groups is 4. The number of hydrogen-bond donors (Lipinski definition) is 0. The van der Waals surface area contributed by atoms with Gasteiger partial charge in [-0.25, -0.2) is 20.0 Å². The number of benzene rings is 2. The van der Waals surface area contributed by atoms with Gasteiger partial charge in [0.1, 0.15) is 0 Å². The summed E-state index contributed by atoms with van der Waals surface area (Å²) in [5.41, 5.74) is 2.88. The molecule has 4 heterocycles. The van der Waals surface area contributed by atoms with E-state index >= 15 is 0 Å². The van der Waals surface area contributed by atoms with Gasteiger partial charge in [-0.3, -0.25) is 0 Å². The van der Waals surface area contributed by atoms with Crippen molar-refractivity contribution < 1.29 is 17.1 Å². The average Bonchev–Trinajstić information content (AvgIpc) is 3.63. The Bertz CT molecular complexity index is 1490. The van der Waals surface area contributed by atoms with Gasteiger partial charge in [-0.1, -0.05) is 76.2 Å². The Balaban J connectivity index is 0.00000253. The molecule has 2 aromatic carbocycles. The second-order valence-corrected chi connectivity index (χ2v) is 9.80. The summed E-state index contributed by atoms with van der Waals surface area (Å²) in [4.78, 5) is 28.2. The molecule has 7 heteroatoms. The van der Waals surface area contributed by atoms with Crippen molar-refractivity contribution in [1.82, 2.24) is 9.97 Å². The summed E-state index contributed by atoms with van der Waals surface area (Å²) in [6.45, 7) is 8.51. The van der Waals surface area contributed by atoms with Crippen LogP contribution in [0.5, 0.6) is 0 Å². The van der Waals surface area contributed by atoms with Crippen molar-refractivity contribution in [1.29, 1.82) is 0 Å². The molecular formula is C28H24CuN6. The minimum absolute atomic E-state index is 0. The molecule has 0 bridgehead atoms. The molecule has 2 aromatic heterocycles. The van der Waals surface area contributed by atoms with Gasteiger partial charge in [0.15, 0.2) is 11.6 Å². The van der Waals surface area contributed by atoms with Gasteiger partial charge in [-0.05, 0) is 21.5 Å². The minimum atomic E-state index is -0.402. The van der Waals surface area contributed by atoms with Crippen LogP contribution < -0.4 is 9.97 Å². The standard InChI is InChI=1S/C28H24N6.Cu/c1-27(2,23-19-11-7-5-9-17(19)13-29-23)21-15-31-25(33-21)26-32-16-22(34-26)28(3,4)24-20-12-8-6-10-18(20)14-30-24;/h5-16H,1-4H3;/q-2;+2/b26-25-;. The summed E-state index contributed by atoms with van der Waals surface area (Å²) in [6, 6.07) is 16.5. The summed E-state index contributed by atoms with van der Waals surface area (Å²) in [5.74, 6) is 1.06. The molecule has 177 valence electrons. The maximum absolute atomic E-state index is 4.83. The Morgan fingerprint density at radius 2 is 1.00 bits per heavy atom. The Kier molecular flexibility index (Phi) is 5.50. The molecule has 0 amide bonds. The minimum Gasteiger partial charge on any atom is -0.666 e. The average molecular weight is 508 g/mol. The van der Waals surface area contributed by atoms with E-state index in [2.05, 4.69) is 61.9 Å². The van der Waals surface area contributed by atoms with E-state index in [0.29, 0.717) is 11.6 Å². The van der Waals surface area contributed by atoms with Crippen LogP contribution in [-0.4, -0.2) is 23.9 Å². The third-order valence-electron chi connectivity index (χ3n) is 6.83. The molecule has 2 aliphatic rings. The van der Waals surface area contributed by atoms with Gasteiger partial charge >= 0.3 is 17.1 Å². The number of hydrogen-bond acceptors (Lipinski definition) is 4. The van der Waals surface area contributed by atoms with Crippen LogP contribution in [0, 0.1) is 0 Å². The first kappa shape index (κ1) is 23.2. The number of aromatic nitrogens is 2. The van der Waals surface area contributed by atoms with Crippen LogP contribution in [-0.2, 0) is 27.9 Å². The van der Waals surface area contributed by atoms with E-state index in [4.69, 9.17) is 20.0 Å². The summed E-state index contributed by atoms with van der Waals surface area (Å²) in [6.07, 6.45) is 7.46. The normalized spacial score (nSPS) is 17.8. The van der Waals surface area contributed by atoms with E-state index in [1.54, 1.807) is 0 Å². The van der Waals surface area contributed by atoms with Crippen molar-refractivity contribution in [3.63, 3.8) is 0 Å². The molecule has 0 atom stereocenters. The molecule has 0 spiro atoms. The van der Waals surface area contributed by atoms with Gasteiger partial charge in [0.25, 0.3) is 0 Å². The fourth-order valence-electron chi connectivity index (χ4n) is 4.70. The van der Waals surface area contributed by atoms with Gasteiger partial charge in [0.2, 0.25) is 0 Å². The van der Waals surface area contributed by atoms with Crippen molar-refractivity contribution in [2.24, 2.45) is 20.0 Å². The zero-order valence-corrected chi connectivity index (χ0v) is 20.9. The zero-order chi connectivity index (χ0) is 23.5. The Morgan fingerprint density at radius 3 is 1.43 bits per heavy atom. The fourth-order valence-corrected chi connectivity index (χ4v) is 4.70. The van der Waals surface area contributed by atoms with Crippen LogP contribution in [0.4, 0.5) is 0 Å². The Morgan fingerprint density at radius 1 is 0.600 bits per heavy atom. The van der Waals surface area contributed by atoms with Crippen molar-refractivity contribution in [2.45, 2.75) is 38.5 Å². The number of fused-ring (bicyclic) bond motifs is 2. The second kappa shape index (κ2) is 8.29. The van der Waals surface area contributed by atoms with Crippen molar-refractivity contribution in [3.05, 3.63) is 84.0 Å². The van der Waals surface area contributed by atoms with E-state index in [0.717, 1.165) is 44.4 Å².